The number of carbonyl (C=O) groups is 4. The summed E-state index contributed by atoms with van der Waals surface area (Å²) < 4.78 is 43.7. The number of ether oxygens (including phenoxy) is 3. The fourth-order valence-corrected chi connectivity index (χ4v) is 11.5. The zero-order valence-corrected chi connectivity index (χ0v) is 40.9. The van der Waals surface area contributed by atoms with Crippen LogP contribution < -0.4 is 15.4 Å². The van der Waals surface area contributed by atoms with Crippen molar-refractivity contribution in [2.45, 2.75) is 55.7 Å². The largest absolute Gasteiger partial charge is 0.497 e. The van der Waals surface area contributed by atoms with Crippen LogP contribution in [0.2, 0.25) is 0 Å². The van der Waals surface area contributed by atoms with E-state index in [9.17, 15) is 27.6 Å². The van der Waals surface area contributed by atoms with Gasteiger partial charge >= 0.3 is 12.1 Å². The third kappa shape index (κ3) is 11.2. The van der Waals surface area contributed by atoms with Gasteiger partial charge in [-0.15, -0.1) is 23.1 Å². The van der Waals surface area contributed by atoms with E-state index in [-0.39, 0.29) is 45.9 Å². The molecule has 8 rings (SSSR count). The summed E-state index contributed by atoms with van der Waals surface area (Å²) in [5.74, 6) is -2.75. The minimum absolute atomic E-state index is 0.000345. The minimum Gasteiger partial charge on any atom is -0.497 e. The number of carbonyl (C=O) groups excluding carboxylic acids is 4. The predicted molar refractivity (Wildman–Crippen MR) is 265 cm³/mol. The minimum atomic E-state index is -3.89. The number of methoxy groups -OCH3 is 1. The Kier molecular flexibility index (Phi) is 14.8. The number of thiazole rings is 1. The number of esters is 1. The van der Waals surface area contributed by atoms with Gasteiger partial charge in [-0.1, -0.05) is 114 Å². The van der Waals surface area contributed by atoms with Crippen LogP contribution >= 0.6 is 23.1 Å². The van der Waals surface area contributed by atoms with Crippen molar-refractivity contribution in [1.82, 2.24) is 20.2 Å². The van der Waals surface area contributed by atoms with Crippen LogP contribution in [-0.4, -0.2) is 88.5 Å². The Bertz CT molecular complexity index is 2920. The first kappa shape index (κ1) is 49.1. The van der Waals surface area contributed by atoms with Crippen LogP contribution in [0.3, 0.4) is 0 Å². The summed E-state index contributed by atoms with van der Waals surface area (Å²) in [6, 6.07) is 37.0. The van der Waals surface area contributed by atoms with Crippen LogP contribution in [0.1, 0.15) is 54.3 Å². The van der Waals surface area contributed by atoms with Crippen molar-refractivity contribution in [3.05, 3.63) is 190 Å². The highest BCUT2D eigenvalue weighted by molar-refractivity contribution is 8.00. The first-order valence-corrected chi connectivity index (χ1v) is 25.6. The molecule has 19 heteroatoms. The number of hydrogen-bond acceptors (Lipinski definition) is 15. The Hall–Kier alpha value is -7.35. The topological polar surface area (TPSA) is 205 Å². The fourth-order valence-electron chi connectivity index (χ4n) is 7.81. The molecule has 4 heterocycles. The van der Waals surface area contributed by atoms with Crippen molar-refractivity contribution in [3.8, 4) is 5.75 Å². The van der Waals surface area contributed by atoms with Gasteiger partial charge in [-0.3, -0.25) is 24.8 Å². The van der Waals surface area contributed by atoms with E-state index in [0.717, 1.165) is 11.3 Å². The highest BCUT2D eigenvalue weighted by Gasteiger charge is 2.55. The zero-order chi connectivity index (χ0) is 49.5. The summed E-state index contributed by atoms with van der Waals surface area (Å²) in [7, 11) is -2.36. The molecular weight excluding hydrogens is 953 g/mol. The molecule has 0 spiro atoms. The van der Waals surface area contributed by atoms with E-state index in [2.05, 4.69) is 25.8 Å². The van der Waals surface area contributed by atoms with Gasteiger partial charge in [0.15, 0.2) is 20.7 Å². The highest BCUT2D eigenvalue weighted by Crippen LogP contribution is 2.43. The lowest BCUT2D eigenvalue weighted by molar-refractivity contribution is -0.153. The van der Waals surface area contributed by atoms with Gasteiger partial charge < -0.3 is 24.4 Å². The lowest BCUT2D eigenvalue weighted by Crippen LogP contribution is -2.71. The molecule has 360 valence electrons. The number of sulfone groups is 1. The SMILES string of the molecule is COc1ccc(COC(=O)C2=C(CS(=O)(=O)Cc3cccnc3)CS[C@@H]3C(NC(=O)/C(=N\OC(c4ccccc4)(c4ccccc4)c4ccccc4)c4csc(NC(=O)OC(C)(C)C)n4)C(=O)N23)cc1. The van der Waals surface area contributed by atoms with Crippen LogP contribution in [0, 0.1) is 0 Å². The number of nitrogens with one attached hydrogen (secondary N) is 2. The van der Waals surface area contributed by atoms with Gasteiger partial charge in [0.25, 0.3) is 11.8 Å². The molecule has 1 unspecified atom stereocenters. The summed E-state index contributed by atoms with van der Waals surface area (Å²) in [6.45, 7) is 4.97. The summed E-state index contributed by atoms with van der Waals surface area (Å²) in [4.78, 5) is 72.6. The molecule has 0 radical (unpaired) electrons. The second-order valence-electron chi connectivity index (χ2n) is 17.1. The van der Waals surface area contributed by atoms with E-state index in [1.807, 2.05) is 91.0 Å². The Morgan fingerprint density at radius 1 is 0.829 bits per heavy atom. The number of benzene rings is 4. The van der Waals surface area contributed by atoms with Gasteiger partial charge in [-0.25, -0.2) is 23.0 Å². The maximum Gasteiger partial charge on any atom is 0.413 e. The van der Waals surface area contributed by atoms with E-state index in [0.29, 0.717) is 33.6 Å². The van der Waals surface area contributed by atoms with Gasteiger partial charge in [-0.05, 0) is 55.7 Å². The first-order valence-electron chi connectivity index (χ1n) is 21.9. The van der Waals surface area contributed by atoms with Crippen molar-refractivity contribution < 1.29 is 46.6 Å². The van der Waals surface area contributed by atoms with Crippen molar-refractivity contribution >= 4 is 67.7 Å². The van der Waals surface area contributed by atoms with Crippen molar-refractivity contribution in [2.24, 2.45) is 5.16 Å². The number of fused-ring (bicyclic) bond motifs is 1. The van der Waals surface area contributed by atoms with Crippen LogP contribution in [0.4, 0.5) is 9.93 Å². The maximum atomic E-state index is 14.8. The average molecular weight is 1000 g/mol. The molecule has 16 nitrogen and oxygen atoms in total. The van der Waals surface area contributed by atoms with E-state index in [4.69, 9.17) is 19.0 Å². The zero-order valence-electron chi connectivity index (χ0n) is 38.4. The van der Waals surface area contributed by atoms with Gasteiger partial charge in [0, 0.05) is 40.2 Å². The molecule has 0 bridgehead atoms. The van der Waals surface area contributed by atoms with Gasteiger partial charge in [0.05, 0.1) is 18.6 Å². The number of β-lactam (4-membered cyclic amide) rings is 1. The summed E-state index contributed by atoms with van der Waals surface area (Å²) >= 11 is 2.19. The Morgan fingerprint density at radius 2 is 1.46 bits per heavy atom. The normalized spacial score (nSPS) is 16.1. The number of rotatable bonds is 17. The number of pyridine rings is 1. The van der Waals surface area contributed by atoms with Crippen molar-refractivity contribution in [2.75, 3.05) is 23.9 Å². The smallest absolute Gasteiger partial charge is 0.413 e. The molecule has 70 heavy (non-hydrogen) atoms. The number of anilines is 1. The molecule has 4 aromatic carbocycles. The molecule has 2 aliphatic rings. The Labute approximate surface area is 413 Å². The van der Waals surface area contributed by atoms with E-state index in [1.54, 1.807) is 57.2 Å². The number of aromatic nitrogens is 2. The number of amides is 3. The highest BCUT2D eigenvalue weighted by atomic mass is 32.2. The third-order valence-electron chi connectivity index (χ3n) is 10.9. The number of nitrogens with zero attached hydrogens (tertiary/aromatic N) is 4. The number of oxime groups is 1. The van der Waals surface area contributed by atoms with Crippen LogP contribution in [0.25, 0.3) is 0 Å². The maximum absolute atomic E-state index is 14.8. The summed E-state index contributed by atoms with van der Waals surface area (Å²) in [6.07, 6.45) is 2.21. The molecule has 2 aromatic heterocycles. The Balaban J connectivity index is 1.13. The molecule has 3 amide bonds. The van der Waals surface area contributed by atoms with Gasteiger partial charge in [-0.2, -0.15) is 0 Å². The van der Waals surface area contributed by atoms with Crippen molar-refractivity contribution in [3.63, 3.8) is 0 Å². The molecule has 2 aliphatic heterocycles. The predicted octanol–water partition coefficient (Wildman–Crippen LogP) is 7.62. The monoisotopic (exact) mass is 1000 g/mol. The standard InChI is InChI=1S/C51H48N6O10S3/c1-50(2,3)66-49(61)55-48-53-40(30-69-48)41(56-67-51(36-16-8-5-9-17-36,37-18-10-6-11-19-37)38-20-12-7-13-21-38)44(58)54-42-45(59)57-43(47(60)65-28-33-22-24-39(64-4)25-23-33)35(29-68-46(42)57)32-70(62,63)31-34-15-14-26-52-27-34/h5-27,30,42,46H,28-29,31-32H2,1-4H3,(H,54,58)(H,53,55,61)/b56-41-/t42?,46-/m1/s1. The average Bonchev–Trinajstić information content (AvgIpc) is 3.81. The van der Waals surface area contributed by atoms with E-state index in [1.165, 1.54) is 41.5 Å². The van der Waals surface area contributed by atoms with Gasteiger partial charge in [0.1, 0.15) is 40.8 Å². The number of hydrogen-bond donors (Lipinski definition) is 2. The van der Waals surface area contributed by atoms with Crippen molar-refractivity contribution in [1.29, 1.82) is 0 Å². The second-order valence-corrected chi connectivity index (χ2v) is 21.1. The molecule has 2 atom stereocenters. The Morgan fingerprint density at radius 3 is 2.03 bits per heavy atom. The van der Waals surface area contributed by atoms with E-state index >= 15 is 0 Å². The third-order valence-corrected chi connectivity index (χ3v) is 14.6. The fraction of sp³-hybridized carbons (Fsp3) is 0.235. The van der Waals surface area contributed by atoms with Crippen LogP contribution in [-0.2, 0) is 56.5 Å². The molecule has 0 saturated carbocycles. The van der Waals surface area contributed by atoms with Crippen LogP contribution in [0.15, 0.2) is 162 Å². The molecule has 6 aromatic rings. The first-order chi connectivity index (χ1) is 33.6. The number of thioether (sulfide) groups is 1. The summed E-state index contributed by atoms with van der Waals surface area (Å²) in [5, 5.41) is 10.7. The van der Waals surface area contributed by atoms with Gasteiger partial charge in [0.2, 0.25) is 5.60 Å². The summed E-state index contributed by atoms with van der Waals surface area (Å²) in [5.41, 5.74) is 0.509. The molecule has 1 fully saturated rings. The molecule has 1 saturated heterocycles. The quantitative estimate of drug-likeness (QED) is 0.0297. The second kappa shape index (κ2) is 21.1. The molecular formula is C51H48N6O10S3. The van der Waals surface area contributed by atoms with E-state index < -0.39 is 62.1 Å². The lowest BCUT2D eigenvalue weighted by atomic mass is 9.80. The molecule has 0 aliphatic carbocycles. The van der Waals surface area contributed by atoms with Crippen LogP contribution in [0.5, 0.6) is 5.75 Å². The molecule has 2 N–H and O–H groups in total. The lowest BCUT2D eigenvalue weighted by Gasteiger charge is -2.49.